The van der Waals surface area contributed by atoms with E-state index in [1.165, 1.54) is 5.57 Å². The summed E-state index contributed by atoms with van der Waals surface area (Å²) in [4.78, 5) is 0. The van der Waals surface area contributed by atoms with Crippen molar-refractivity contribution in [1.29, 1.82) is 0 Å². The fourth-order valence-corrected chi connectivity index (χ4v) is 0.515. The van der Waals surface area contributed by atoms with E-state index in [-0.39, 0.29) is 26.2 Å². The molecule has 0 N–H and O–H groups in total. The first kappa shape index (κ1) is 19.0. The molecule has 1 aliphatic carbocycles. The predicted molar refractivity (Wildman–Crippen MR) is 57.5 cm³/mol. The fraction of sp³-hybridized carbons (Fsp3) is 0.500. The van der Waals surface area contributed by atoms with Gasteiger partial charge in [0.25, 0.3) is 0 Å². The van der Waals surface area contributed by atoms with Crippen LogP contribution in [0.25, 0.3) is 0 Å². The van der Waals surface area contributed by atoms with Gasteiger partial charge in [0, 0.05) is 0 Å². The molecule has 73 valence electrons. The molecule has 1 rings (SSSR count). The summed E-state index contributed by atoms with van der Waals surface area (Å²) in [6, 6.07) is 0. The van der Waals surface area contributed by atoms with Crippen LogP contribution in [-0.4, -0.2) is 0 Å². The van der Waals surface area contributed by atoms with Gasteiger partial charge in [-0.3, -0.25) is 6.08 Å². The Kier molecular flexibility index (Phi) is 26.6. The summed E-state index contributed by atoms with van der Waals surface area (Å²) in [5.41, 5.74) is 1.27. The van der Waals surface area contributed by atoms with Gasteiger partial charge in [-0.2, -0.15) is 33.8 Å². The molecular weight excluding hydrogens is 235 g/mol. The van der Waals surface area contributed by atoms with Gasteiger partial charge in [-0.1, -0.05) is 6.92 Å². The Morgan fingerprint density at radius 2 is 1.54 bits per heavy atom. The van der Waals surface area contributed by atoms with Crippen LogP contribution in [0.2, 0.25) is 0 Å². The van der Waals surface area contributed by atoms with E-state index in [0.29, 0.717) is 0 Å². The van der Waals surface area contributed by atoms with Crippen molar-refractivity contribution in [2.45, 2.75) is 41.0 Å². The van der Waals surface area contributed by atoms with Crippen molar-refractivity contribution in [2.24, 2.45) is 0 Å². The summed E-state index contributed by atoms with van der Waals surface area (Å²) in [6.45, 7) is 10.1. The summed E-state index contributed by atoms with van der Waals surface area (Å²) < 4.78 is 0. The Labute approximate surface area is 104 Å². The summed E-state index contributed by atoms with van der Waals surface area (Å²) in [7, 11) is 0. The van der Waals surface area contributed by atoms with Gasteiger partial charge in [0.1, 0.15) is 0 Å². The topological polar surface area (TPSA) is 0 Å². The zero-order valence-electron chi connectivity index (χ0n) is 9.52. The third-order valence-corrected chi connectivity index (χ3v) is 0.867. The molecule has 0 aromatic heterocycles. The molecular formula is C12H21Zr. The maximum atomic E-state index is 3.12. The molecule has 0 aromatic rings. The second-order valence-corrected chi connectivity index (χ2v) is 2.62. The molecule has 1 heteroatoms. The van der Waals surface area contributed by atoms with Crippen molar-refractivity contribution < 1.29 is 26.2 Å². The second-order valence-electron chi connectivity index (χ2n) is 2.62. The van der Waals surface area contributed by atoms with Crippen LogP contribution < -0.4 is 0 Å². The third kappa shape index (κ3) is 24.5. The zero-order valence-corrected chi connectivity index (χ0v) is 12.0. The van der Waals surface area contributed by atoms with Gasteiger partial charge in [0.2, 0.25) is 0 Å². The number of allylic oxidation sites excluding steroid dienone is 4. The number of hydrogen-bond donors (Lipinski definition) is 0. The van der Waals surface area contributed by atoms with Crippen LogP contribution in [0.4, 0.5) is 0 Å². The van der Waals surface area contributed by atoms with Crippen molar-refractivity contribution in [1.82, 2.24) is 0 Å². The molecule has 0 saturated heterocycles. The second kappa shape index (κ2) is 18.2. The van der Waals surface area contributed by atoms with Crippen LogP contribution in [0.5, 0.6) is 0 Å². The smallest absolute Gasteiger partial charge is 0.335 e. The predicted octanol–water partition coefficient (Wildman–Crippen LogP) is 4.15. The molecule has 0 amide bonds. The molecule has 1 aliphatic rings. The van der Waals surface area contributed by atoms with Crippen molar-refractivity contribution in [2.75, 3.05) is 0 Å². The van der Waals surface area contributed by atoms with Crippen LogP contribution in [0.15, 0.2) is 17.7 Å². The molecule has 13 heavy (non-hydrogen) atoms. The molecule has 0 heterocycles. The minimum Gasteiger partial charge on any atom is -0.335 e. The van der Waals surface area contributed by atoms with Crippen LogP contribution in [0.1, 0.15) is 41.0 Å². The van der Waals surface area contributed by atoms with Crippen LogP contribution in [-0.2, 0) is 26.2 Å². The Hall–Kier alpha value is 0.363. The first-order valence-electron chi connectivity index (χ1n) is 4.44. The van der Waals surface area contributed by atoms with Crippen LogP contribution in [0, 0.1) is 18.9 Å². The molecule has 0 nitrogen and oxygen atoms in total. The Balaban J connectivity index is -0.000000126. The van der Waals surface area contributed by atoms with E-state index in [0.717, 1.165) is 6.42 Å². The minimum absolute atomic E-state index is 0. The Morgan fingerprint density at radius 3 is 1.62 bits per heavy atom. The maximum Gasteiger partial charge on any atom is 3.00 e. The SMILES string of the molecule is CC1=[C-]CC=C1.C[CH-]C.C[CH-]C.[Zr+3]. The van der Waals surface area contributed by atoms with Crippen molar-refractivity contribution >= 4 is 0 Å². The quantitative estimate of drug-likeness (QED) is 0.571. The molecule has 1 radical (unpaired) electrons. The van der Waals surface area contributed by atoms with Crippen LogP contribution in [0.3, 0.4) is 0 Å². The molecule has 0 saturated carbocycles. The van der Waals surface area contributed by atoms with Gasteiger partial charge in [-0.25, -0.2) is 11.6 Å². The first-order chi connectivity index (χ1) is 5.72. The molecule has 0 aromatic carbocycles. The van der Waals surface area contributed by atoms with Gasteiger partial charge in [0.15, 0.2) is 0 Å². The van der Waals surface area contributed by atoms with Gasteiger partial charge < -0.3 is 12.8 Å². The standard InChI is InChI=1S/C6H7.2C3H7.Zr/c1-6-4-2-3-5-6;2*1-3-2;/h2,4H,3H2,1H3;2*3H,1-2H3;/q3*-1;+3. The van der Waals surface area contributed by atoms with Crippen molar-refractivity contribution in [3.05, 3.63) is 36.6 Å². The molecule has 0 spiro atoms. The normalized spacial score (nSPS) is 11.3. The molecule has 0 bridgehead atoms. The average molecular weight is 257 g/mol. The van der Waals surface area contributed by atoms with E-state index in [1.54, 1.807) is 0 Å². The van der Waals surface area contributed by atoms with Crippen molar-refractivity contribution in [3.8, 4) is 0 Å². The van der Waals surface area contributed by atoms with E-state index in [1.807, 2.05) is 40.5 Å². The summed E-state index contributed by atoms with van der Waals surface area (Å²) in [5.74, 6) is 0. The van der Waals surface area contributed by atoms with E-state index >= 15 is 0 Å². The van der Waals surface area contributed by atoms with Gasteiger partial charge >= 0.3 is 26.2 Å². The number of hydrogen-bond acceptors (Lipinski definition) is 0. The van der Waals surface area contributed by atoms with E-state index in [9.17, 15) is 0 Å². The molecule has 0 aliphatic heterocycles. The van der Waals surface area contributed by atoms with Gasteiger partial charge in [0.05, 0.1) is 0 Å². The molecule has 0 fully saturated rings. The van der Waals surface area contributed by atoms with Gasteiger partial charge in [-0.15, -0.1) is 6.42 Å². The third-order valence-electron chi connectivity index (χ3n) is 0.867. The van der Waals surface area contributed by atoms with E-state index in [2.05, 4.69) is 25.2 Å². The monoisotopic (exact) mass is 255 g/mol. The molecule has 0 unspecified atom stereocenters. The first-order valence-corrected chi connectivity index (χ1v) is 4.44. The summed E-state index contributed by atoms with van der Waals surface area (Å²) in [6.07, 6.45) is 12.3. The molecule has 0 atom stereocenters. The Bertz CT molecular complexity index is 118. The average Bonchev–Trinajstić information content (AvgIpc) is 2.43. The Morgan fingerprint density at radius 1 is 1.15 bits per heavy atom. The number of rotatable bonds is 0. The van der Waals surface area contributed by atoms with Crippen LogP contribution >= 0.6 is 0 Å². The zero-order chi connectivity index (χ0) is 9.82. The summed E-state index contributed by atoms with van der Waals surface area (Å²) in [5, 5.41) is 0. The minimum atomic E-state index is 0. The maximum absolute atomic E-state index is 3.12. The fourth-order valence-electron chi connectivity index (χ4n) is 0.515. The largest absolute Gasteiger partial charge is 3.00 e. The van der Waals surface area contributed by atoms with Crippen molar-refractivity contribution in [3.63, 3.8) is 0 Å². The van der Waals surface area contributed by atoms with Gasteiger partial charge in [-0.05, 0) is 0 Å². The van der Waals surface area contributed by atoms with E-state index in [4.69, 9.17) is 0 Å². The van der Waals surface area contributed by atoms with E-state index < -0.39 is 0 Å². The summed E-state index contributed by atoms with van der Waals surface area (Å²) >= 11 is 0.